The number of amides is 4. The van der Waals surface area contributed by atoms with Gasteiger partial charge in [0.25, 0.3) is 11.8 Å². The molecule has 1 saturated heterocycles. The molecule has 1 saturated carbocycles. The van der Waals surface area contributed by atoms with Gasteiger partial charge in [0.2, 0.25) is 11.8 Å². The van der Waals surface area contributed by atoms with Crippen molar-refractivity contribution in [2.75, 3.05) is 5.32 Å². The topological polar surface area (TPSA) is 139 Å². The number of carbonyl (C=O) groups excluding carboxylic acids is 4. The van der Waals surface area contributed by atoms with E-state index in [0.717, 1.165) is 24.0 Å². The van der Waals surface area contributed by atoms with Crippen LogP contribution in [0.1, 0.15) is 63.6 Å². The molecule has 1 atom stereocenters. The Morgan fingerprint density at radius 1 is 1.11 bits per heavy atom. The van der Waals surface area contributed by atoms with Gasteiger partial charge in [0.1, 0.15) is 6.04 Å². The molecule has 2 aliphatic heterocycles. The fourth-order valence-corrected chi connectivity index (χ4v) is 4.64. The number of nitrogens with zero attached hydrogens (tertiary/aromatic N) is 5. The third-order valence-corrected chi connectivity index (χ3v) is 6.62. The summed E-state index contributed by atoms with van der Waals surface area (Å²) in [5.74, 6) is -0.948. The highest BCUT2D eigenvalue weighted by molar-refractivity contribution is 6.05. The number of hydrogen-bond donors (Lipinski definition) is 2. The van der Waals surface area contributed by atoms with Crippen LogP contribution in [-0.4, -0.2) is 54.5 Å². The van der Waals surface area contributed by atoms with Crippen molar-refractivity contribution in [1.29, 1.82) is 0 Å². The number of benzene rings is 1. The summed E-state index contributed by atoms with van der Waals surface area (Å²) >= 11 is 0. The zero-order valence-corrected chi connectivity index (χ0v) is 18.6. The quantitative estimate of drug-likeness (QED) is 0.538. The number of piperidine rings is 1. The lowest BCUT2D eigenvalue weighted by Crippen LogP contribution is -2.52. The maximum absolute atomic E-state index is 12.9. The Morgan fingerprint density at radius 3 is 2.77 bits per heavy atom. The highest BCUT2D eigenvalue weighted by atomic mass is 16.2. The first kappa shape index (κ1) is 21.1. The lowest BCUT2D eigenvalue weighted by atomic mass is 10.0. The summed E-state index contributed by atoms with van der Waals surface area (Å²) in [5, 5.41) is 13.3. The van der Waals surface area contributed by atoms with E-state index in [0.29, 0.717) is 29.3 Å². The molecule has 4 heterocycles. The number of fused-ring (bicyclic) bond motifs is 1. The number of pyridine rings is 1. The van der Waals surface area contributed by atoms with Gasteiger partial charge in [-0.3, -0.25) is 29.5 Å². The molecule has 1 aliphatic carbocycles. The number of rotatable bonds is 5. The maximum Gasteiger partial charge on any atom is 0.277 e. The van der Waals surface area contributed by atoms with Crippen LogP contribution in [0.25, 0.3) is 5.69 Å². The van der Waals surface area contributed by atoms with Crippen LogP contribution < -0.4 is 10.6 Å². The molecule has 3 aliphatic rings. The van der Waals surface area contributed by atoms with Gasteiger partial charge in [-0.2, -0.15) is 0 Å². The van der Waals surface area contributed by atoms with E-state index in [1.165, 1.54) is 15.8 Å². The van der Waals surface area contributed by atoms with Crippen LogP contribution in [-0.2, 0) is 16.1 Å². The molecule has 11 nitrogen and oxygen atoms in total. The first-order chi connectivity index (χ1) is 17.0. The largest absolute Gasteiger partial charge is 0.322 e. The Hall–Kier alpha value is -4.41. The molecular formula is C24H21N7O4. The maximum atomic E-state index is 12.9. The SMILES string of the molecule is O=C1CCC(N2Cc3cc(-n4cc(C(=O)Nc5cnccc5C5CC5)nn4)ccc3C2=O)C(=O)N1. The molecule has 2 N–H and O–H groups in total. The average molecular weight is 471 g/mol. The molecule has 0 radical (unpaired) electrons. The molecule has 0 spiro atoms. The molecule has 2 fully saturated rings. The molecule has 176 valence electrons. The molecule has 1 aromatic carbocycles. The zero-order valence-electron chi connectivity index (χ0n) is 18.6. The van der Waals surface area contributed by atoms with E-state index < -0.39 is 11.9 Å². The highest BCUT2D eigenvalue weighted by Gasteiger charge is 2.39. The summed E-state index contributed by atoms with van der Waals surface area (Å²) in [5.41, 5.74) is 3.78. The van der Waals surface area contributed by atoms with Gasteiger partial charge in [-0.15, -0.1) is 5.10 Å². The van der Waals surface area contributed by atoms with E-state index in [-0.39, 0.29) is 36.4 Å². The number of anilines is 1. The minimum absolute atomic E-state index is 0.150. The highest BCUT2D eigenvalue weighted by Crippen LogP contribution is 2.43. The molecule has 35 heavy (non-hydrogen) atoms. The van der Waals surface area contributed by atoms with Crippen molar-refractivity contribution in [3.05, 3.63) is 65.2 Å². The van der Waals surface area contributed by atoms with Crippen molar-refractivity contribution in [2.24, 2.45) is 0 Å². The first-order valence-electron chi connectivity index (χ1n) is 11.4. The second kappa shape index (κ2) is 8.12. The molecule has 3 aromatic rings. The van der Waals surface area contributed by atoms with Crippen molar-refractivity contribution >= 4 is 29.3 Å². The summed E-state index contributed by atoms with van der Waals surface area (Å²) < 4.78 is 1.47. The monoisotopic (exact) mass is 471 g/mol. The van der Waals surface area contributed by atoms with E-state index in [9.17, 15) is 19.2 Å². The number of imide groups is 1. The molecule has 0 bridgehead atoms. The molecule has 1 unspecified atom stereocenters. The van der Waals surface area contributed by atoms with Gasteiger partial charge >= 0.3 is 0 Å². The van der Waals surface area contributed by atoms with Crippen LogP contribution in [0.4, 0.5) is 5.69 Å². The summed E-state index contributed by atoms with van der Waals surface area (Å²) in [6, 6.07) is 6.44. The normalized spacial score (nSPS) is 19.5. The van der Waals surface area contributed by atoms with E-state index in [1.807, 2.05) is 6.07 Å². The Balaban J connectivity index is 1.19. The summed E-state index contributed by atoms with van der Waals surface area (Å²) in [7, 11) is 0. The van der Waals surface area contributed by atoms with Crippen molar-refractivity contribution in [2.45, 2.75) is 44.2 Å². The summed E-state index contributed by atoms with van der Waals surface area (Å²) in [6.07, 6.45) is 7.60. The van der Waals surface area contributed by atoms with Crippen molar-refractivity contribution < 1.29 is 19.2 Å². The van der Waals surface area contributed by atoms with Crippen molar-refractivity contribution in [1.82, 2.24) is 30.2 Å². The lowest BCUT2D eigenvalue weighted by molar-refractivity contribution is -0.136. The Labute approximate surface area is 199 Å². The minimum Gasteiger partial charge on any atom is -0.322 e. The van der Waals surface area contributed by atoms with Crippen LogP contribution in [0.5, 0.6) is 0 Å². The number of nitrogens with one attached hydrogen (secondary N) is 2. The fourth-order valence-electron chi connectivity index (χ4n) is 4.64. The number of hydrogen-bond acceptors (Lipinski definition) is 7. The van der Waals surface area contributed by atoms with Gasteiger partial charge in [-0.05, 0) is 60.6 Å². The molecular weight excluding hydrogens is 450 g/mol. The minimum atomic E-state index is -0.675. The Morgan fingerprint density at radius 2 is 1.97 bits per heavy atom. The van der Waals surface area contributed by atoms with Gasteiger partial charge in [0, 0.05) is 24.7 Å². The van der Waals surface area contributed by atoms with Gasteiger partial charge in [0.15, 0.2) is 5.69 Å². The number of carbonyl (C=O) groups is 4. The van der Waals surface area contributed by atoms with Gasteiger partial charge < -0.3 is 10.2 Å². The van der Waals surface area contributed by atoms with Crippen LogP contribution in [0, 0.1) is 0 Å². The first-order valence-corrected chi connectivity index (χ1v) is 11.4. The zero-order chi connectivity index (χ0) is 24.1. The lowest BCUT2D eigenvalue weighted by Gasteiger charge is -2.29. The van der Waals surface area contributed by atoms with E-state index >= 15 is 0 Å². The standard InChI is InChI=1S/C24H21N7O4/c32-21-6-5-20(23(34)27-21)30-11-14-9-15(3-4-17(14)24(30)35)31-12-19(28-29-31)22(33)26-18-10-25-8-7-16(18)13-1-2-13/h3-4,7-10,12-13,20H,1-2,5-6,11H2,(H,26,33)(H,27,32,34). The van der Waals surface area contributed by atoms with Crippen LogP contribution in [0.2, 0.25) is 0 Å². The predicted octanol–water partition coefficient (Wildman–Crippen LogP) is 1.55. The Bertz CT molecular complexity index is 1390. The van der Waals surface area contributed by atoms with Gasteiger partial charge in [-0.1, -0.05) is 5.21 Å². The van der Waals surface area contributed by atoms with E-state index in [1.54, 1.807) is 30.6 Å². The third-order valence-electron chi connectivity index (χ3n) is 6.62. The summed E-state index contributed by atoms with van der Waals surface area (Å²) in [6.45, 7) is 0.251. The average Bonchev–Trinajstić information content (AvgIpc) is 3.48. The second-order valence-corrected chi connectivity index (χ2v) is 8.98. The molecule has 2 aromatic heterocycles. The third kappa shape index (κ3) is 3.84. The predicted molar refractivity (Wildman–Crippen MR) is 122 cm³/mol. The van der Waals surface area contributed by atoms with Gasteiger partial charge in [0.05, 0.1) is 23.8 Å². The van der Waals surface area contributed by atoms with Crippen LogP contribution >= 0.6 is 0 Å². The van der Waals surface area contributed by atoms with Crippen molar-refractivity contribution in [3.63, 3.8) is 0 Å². The van der Waals surface area contributed by atoms with Crippen LogP contribution in [0.15, 0.2) is 42.9 Å². The molecule has 4 amide bonds. The Kier molecular flexibility index (Phi) is 4.90. The van der Waals surface area contributed by atoms with E-state index in [4.69, 9.17) is 0 Å². The smallest absolute Gasteiger partial charge is 0.277 e. The number of aromatic nitrogens is 4. The van der Waals surface area contributed by atoms with Crippen molar-refractivity contribution in [3.8, 4) is 5.69 Å². The van der Waals surface area contributed by atoms with Crippen LogP contribution in [0.3, 0.4) is 0 Å². The van der Waals surface area contributed by atoms with E-state index in [2.05, 4.69) is 25.9 Å². The molecule has 6 rings (SSSR count). The molecule has 11 heteroatoms. The summed E-state index contributed by atoms with van der Waals surface area (Å²) in [4.78, 5) is 55.0. The fraction of sp³-hybridized carbons (Fsp3) is 0.292. The second-order valence-electron chi connectivity index (χ2n) is 8.98. The van der Waals surface area contributed by atoms with Gasteiger partial charge in [-0.25, -0.2) is 4.68 Å².